The van der Waals surface area contributed by atoms with Crippen LogP contribution in [-0.2, 0) is 11.3 Å². The Hall–Kier alpha value is -1.92. The average molecular weight is 280 g/mol. The van der Waals surface area contributed by atoms with Crippen molar-refractivity contribution in [2.45, 2.75) is 33.2 Å². The molecule has 2 heterocycles. The van der Waals surface area contributed by atoms with Crippen molar-refractivity contribution in [1.82, 2.24) is 19.9 Å². The van der Waals surface area contributed by atoms with Crippen LogP contribution in [0.25, 0.3) is 0 Å². The van der Waals surface area contributed by atoms with Crippen molar-refractivity contribution in [2.24, 2.45) is 11.8 Å². The van der Waals surface area contributed by atoms with E-state index < -0.39 is 5.97 Å². The van der Waals surface area contributed by atoms with Gasteiger partial charge in [-0.3, -0.25) is 9.59 Å². The minimum Gasteiger partial charge on any atom is -0.480 e. The molecule has 0 aromatic carbocycles. The standard InChI is InChI=1S/C13H20N4O3/c1-9(2)10-3-5-16(6-4-10)13(20)11-7-17(15-14-11)8-12(18)19/h7,9-10H,3-6,8H2,1-2H3,(H,18,19). The van der Waals surface area contributed by atoms with E-state index in [1.165, 1.54) is 6.20 Å². The van der Waals surface area contributed by atoms with Crippen LogP contribution in [0.4, 0.5) is 0 Å². The number of nitrogens with zero attached hydrogens (tertiary/aromatic N) is 4. The Labute approximate surface area is 117 Å². The maximum absolute atomic E-state index is 12.2. The summed E-state index contributed by atoms with van der Waals surface area (Å²) < 4.78 is 1.16. The molecule has 1 aromatic rings. The van der Waals surface area contributed by atoms with Crippen molar-refractivity contribution < 1.29 is 14.7 Å². The van der Waals surface area contributed by atoms with Crippen LogP contribution >= 0.6 is 0 Å². The fourth-order valence-electron chi connectivity index (χ4n) is 2.54. The molecule has 110 valence electrons. The van der Waals surface area contributed by atoms with E-state index in [2.05, 4.69) is 24.2 Å². The second kappa shape index (κ2) is 6.02. The number of rotatable bonds is 4. The molecular formula is C13H20N4O3. The Kier molecular flexibility index (Phi) is 4.36. The molecule has 0 atom stereocenters. The van der Waals surface area contributed by atoms with Crippen LogP contribution in [0.15, 0.2) is 6.20 Å². The zero-order chi connectivity index (χ0) is 14.7. The molecule has 0 saturated carbocycles. The maximum Gasteiger partial charge on any atom is 0.325 e. The summed E-state index contributed by atoms with van der Waals surface area (Å²) in [6, 6.07) is 0. The number of likely N-dealkylation sites (tertiary alicyclic amines) is 1. The molecule has 7 nitrogen and oxygen atoms in total. The van der Waals surface area contributed by atoms with E-state index in [-0.39, 0.29) is 18.1 Å². The number of carbonyl (C=O) groups is 2. The molecule has 0 spiro atoms. The first-order chi connectivity index (χ1) is 9.47. The normalized spacial score (nSPS) is 16.6. The second-order valence-electron chi connectivity index (χ2n) is 5.57. The molecule has 0 radical (unpaired) electrons. The van der Waals surface area contributed by atoms with Crippen molar-refractivity contribution in [3.05, 3.63) is 11.9 Å². The first kappa shape index (κ1) is 14.5. The zero-order valence-electron chi connectivity index (χ0n) is 11.8. The largest absolute Gasteiger partial charge is 0.480 e. The number of carbonyl (C=O) groups excluding carboxylic acids is 1. The third kappa shape index (κ3) is 3.34. The minimum absolute atomic E-state index is 0.163. The van der Waals surface area contributed by atoms with E-state index in [1.54, 1.807) is 4.90 Å². The average Bonchev–Trinajstić information content (AvgIpc) is 2.85. The fraction of sp³-hybridized carbons (Fsp3) is 0.692. The monoisotopic (exact) mass is 280 g/mol. The predicted octanol–water partition coefficient (Wildman–Crippen LogP) is 0.871. The van der Waals surface area contributed by atoms with E-state index >= 15 is 0 Å². The second-order valence-corrected chi connectivity index (χ2v) is 5.57. The van der Waals surface area contributed by atoms with Gasteiger partial charge in [0.1, 0.15) is 6.54 Å². The molecule has 0 unspecified atom stereocenters. The SMILES string of the molecule is CC(C)C1CCN(C(=O)c2cn(CC(=O)O)nn2)CC1. The van der Waals surface area contributed by atoms with Gasteiger partial charge in [0.2, 0.25) is 0 Å². The summed E-state index contributed by atoms with van der Waals surface area (Å²) >= 11 is 0. The lowest BCUT2D eigenvalue weighted by Crippen LogP contribution is -2.39. The summed E-state index contributed by atoms with van der Waals surface area (Å²) in [6.45, 7) is 5.59. The molecule has 1 aliphatic rings. The highest BCUT2D eigenvalue weighted by molar-refractivity contribution is 5.92. The van der Waals surface area contributed by atoms with Crippen molar-refractivity contribution in [3.63, 3.8) is 0 Å². The highest BCUT2D eigenvalue weighted by atomic mass is 16.4. The van der Waals surface area contributed by atoms with Gasteiger partial charge in [-0.1, -0.05) is 19.1 Å². The lowest BCUT2D eigenvalue weighted by Gasteiger charge is -2.33. The Morgan fingerprint density at radius 2 is 2.05 bits per heavy atom. The summed E-state index contributed by atoms with van der Waals surface area (Å²) in [7, 11) is 0. The summed E-state index contributed by atoms with van der Waals surface area (Å²) in [5.41, 5.74) is 0.217. The smallest absolute Gasteiger partial charge is 0.325 e. The molecule has 0 bridgehead atoms. The van der Waals surface area contributed by atoms with E-state index in [4.69, 9.17) is 5.11 Å². The van der Waals surface area contributed by atoms with Crippen molar-refractivity contribution >= 4 is 11.9 Å². The highest BCUT2D eigenvalue weighted by Crippen LogP contribution is 2.24. The molecule has 1 saturated heterocycles. The third-order valence-electron chi connectivity index (χ3n) is 3.82. The van der Waals surface area contributed by atoms with Gasteiger partial charge in [-0.05, 0) is 24.7 Å². The molecule has 0 aliphatic carbocycles. The van der Waals surface area contributed by atoms with Gasteiger partial charge >= 0.3 is 5.97 Å². The summed E-state index contributed by atoms with van der Waals surface area (Å²) in [4.78, 5) is 24.6. The Balaban J connectivity index is 1.95. The van der Waals surface area contributed by atoms with Gasteiger partial charge in [0.25, 0.3) is 5.91 Å². The molecule has 1 N–H and O–H groups in total. The lowest BCUT2D eigenvalue weighted by atomic mass is 9.86. The van der Waals surface area contributed by atoms with Crippen LogP contribution in [-0.4, -0.2) is 50.0 Å². The molecule has 1 amide bonds. The summed E-state index contributed by atoms with van der Waals surface area (Å²) in [5, 5.41) is 16.1. The van der Waals surface area contributed by atoms with Gasteiger partial charge in [0, 0.05) is 13.1 Å². The molecule has 1 aromatic heterocycles. The fourth-order valence-corrected chi connectivity index (χ4v) is 2.54. The molecule has 2 rings (SSSR count). The highest BCUT2D eigenvalue weighted by Gasteiger charge is 2.26. The zero-order valence-corrected chi connectivity index (χ0v) is 11.8. The number of aromatic nitrogens is 3. The van der Waals surface area contributed by atoms with Crippen LogP contribution in [0.3, 0.4) is 0 Å². The van der Waals surface area contributed by atoms with E-state index in [9.17, 15) is 9.59 Å². The van der Waals surface area contributed by atoms with Gasteiger partial charge in [0.15, 0.2) is 5.69 Å². The van der Waals surface area contributed by atoms with Gasteiger partial charge in [-0.2, -0.15) is 0 Å². The molecule has 1 fully saturated rings. The topological polar surface area (TPSA) is 88.3 Å². The van der Waals surface area contributed by atoms with Crippen molar-refractivity contribution in [2.75, 3.05) is 13.1 Å². The van der Waals surface area contributed by atoms with Crippen LogP contribution < -0.4 is 0 Å². The number of hydrogen-bond donors (Lipinski definition) is 1. The minimum atomic E-state index is -1.01. The Bertz CT molecular complexity index is 490. The van der Waals surface area contributed by atoms with Gasteiger partial charge in [0.05, 0.1) is 6.20 Å². The number of hydrogen-bond acceptors (Lipinski definition) is 4. The predicted molar refractivity (Wildman–Crippen MR) is 71.1 cm³/mol. The van der Waals surface area contributed by atoms with Crippen LogP contribution in [0.5, 0.6) is 0 Å². The lowest BCUT2D eigenvalue weighted by molar-refractivity contribution is -0.137. The molecular weight excluding hydrogens is 260 g/mol. The number of amides is 1. The molecule has 7 heteroatoms. The quantitative estimate of drug-likeness (QED) is 0.884. The van der Waals surface area contributed by atoms with Crippen LogP contribution in [0.1, 0.15) is 37.2 Å². The van der Waals surface area contributed by atoms with Crippen molar-refractivity contribution in [1.29, 1.82) is 0 Å². The summed E-state index contributed by atoms with van der Waals surface area (Å²) in [6.07, 6.45) is 3.41. The van der Waals surface area contributed by atoms with Gasteiger partial charge in [-0.25, -0.2) is 4.68 Å². The number of carboxylic acid groups (broad SMARTS) is 1. The maximum atomic E-state index is 12.2. The third-order valence-corrected chi connectivity index (χ3v) is 3.82. The van der Waals surface area contributed by atoms with Gasteiger partial charge < -0.3 is 10.0 Å². The van der Waals surface area contributed by atoms with Crippen LogP contribution in [0.2, 0.25) is 0 Å². The molecule has 20 heavy (non-hydrogen) atoms. The number of carboxylic acids is 1. The first-order valence-electron chi connectivity index (χ1n) is 6.88. The van der Waals surface area contributed by atoms with E-state index in [0.29, 0.717) is 11.8 Å². The Morgan fingerprint density at radius 3 is 2.60 bits per heavy atom. The number of aliphatic carboxylic acids is 1. The van der Waals surface area contributed by atoms with Crippen LogP contribution in [0, 0.1) is 11.8 Å². The van der Waals surface area contributed by atoms with E-state index in [1.807, 2.05) is 0 Å². The first-order valence-corrected chi connectivity index (χ1v) is 6.88. The Morgan fingerprint density at radius 1 is 1.40 bits per heavy atom. The van der Waals surface area contributed by atoms with E-state index in [0.717, 1.165) is 30.6 Å². The molecule has 1 aliphatic heterocycles. The van der Waals surface area contributed by atoms with Crippen molar-refractivity contribution in [3.8, 4) is 0 Å². The summed E-state index contributed by atoms with van der Waals surface area (Å²) in [5.74, 6) is 0.140. The number of piperidine rings is 1. The van der Waals surface area contributed by atoms with Gasteiger partial charge in [-0.15, -0.1) is 5.10 Å².